The third-order valence-electron chi connectivity index (χ3n) is 5.66. The van der Waals surface area contributed by atoms with E-state index in [1.54, 1.807) is 30.5 Å². The summed E-state index contributed by atoms with van der Waals surface area (Å²) in [6, 6.07) is 11.8. The van der Waals surface area contributed by atoms with E-state index >= 15 is 0 Å². The molecule has 1 unspecified atom stereocenters. The van der Waals surface area contributed by atoms with Crippen molar-refractivity contribution in [1.29, 1.82) is 0 Å². The van der Waals surface area contributed by atoms with Crippen molar-refractivity contribution in [2.24, 2.45) is 0 Å². The van der Waals surface area contributed by atoms with E-state index < -0.39 is 11.9 Å². The zero-order valence-electron chi connectivity index (χ0n) is 20.2. The van der Waals surface area contributed by atoms with Gasteiger partial charge in [0.15, 0.2) is 0 Å². The SMILES string of the molecule is Cl.Nc1ccc(OCCOCCOCCNc2cccc3cnn(C4CCC(=O)NC4=O)c(=O)c23)cc1. The average Bonchev–Trinajstić information content (AvgIpc) is 2.87. The van der Waals surface area contributed by atoms with Crippen LogP contribution < -0.4 is 26.7 Å². The molecule has 0 aliphatic carbocycles. The lowest BCUT2D eigenvalue weighted by Gasteiger charge is -2.22. The summed E-state index contributed by atoms with van der Waals surface area (Å²) in [5.74, 6) is -0.120. The topological polar surface area (TPSA) is 147 Å². The molecule has 0 radical (unpaired) electrons. The molecule has 198 valence electrons. The molecule has 0 saturated carbocycles. The molecule has 2 heterocycles. The number of anilines is 2. The predicted molar refractivity (Wildman–Crippen MR) is 141 cm³/mol. The third-order valence-corrected chi connectivity index (χ3v) is 5.66. The van der Waals surface area contributed by atoms with Crippen LogP contribution in [0.2, 0.25) is 0 Å². The first-order valence-electron chi connectivity index (χ1n) is 11.7. The fourth-order valence-electron chi connectivity index (χ4n) is 3.85. The van der Waals surface area contributed by atoms with Gasteiger partial charge in [-0.3, -0.25) is 19.7 Å². The van der Waals surface area contributed by atoms with Crippen molar-refractivity contribution in [3.63, 3.8) is 0 Å². The molecule has 12 heteroatoms. The molecule has 0 bridgehead atoms. The number of rotatable bonds is 12. The monoisotopic (exact) mass is 531 g/mol. The molecule has 37 heavy (non-hydrogen) atoms. The van der Waals surface area contributed by atoms with Crippen LogP contribution in [-0.2, 0) is 19.1 Å². The number of halogens is 1. The van der Waals surface area contributed by atoms with Crippen molar-refractivity contribution in [3.8, 4) is 5.75 Å². The first-order valence-corrected chi connectivity index (χ1v) is 11.7. The maximum atomic E-state index is 13.2. The minimum Gasteiger partial charge on any atom is -0.491 e. The minimum absolute atomic E-state index is 0. The average molecular weight is 532 g/mol. The fourth-order valence-corrected chi connectivity index (χ4v) is 3.85. The Kier molecular flexibility index (Phi) is 10.2. The van der Waals surface area contributed by atoms with Crippen molar-refractivity contribution in [3.05, 3.63) is 59.0 Å². The van der Waals surface area contributed by atoms with Crippen LogP contribution in [-0.4, -0.2) is 61.2 Å². The van der Waals surface area contributed by atoms with Gasteiger partial charge >= 0.3 is 0 Å². The number of ether oxygens (including phenoxy) is 3. The standard InChI is InChI=1S/C25H29N5O6.ClH/c26-18-4-6-19(7-5-18)36-15-14-35-13-12-34-11-10-27-20-3-1-2-17-16-28-30(25(33)23(17)20)21-8-9-22(31)29-24(21)32;/h1-7,16,21,27H,8-15,26H2,(H,29,31,32);1H. The fraction of sp³-hybridized carbons (Fsp3) is 0.360. The molecule has 1 fully saturated rings. The van der Waals surface area contributed by atoms with Gasteiger partial charge in [0.05, 0.1) is 38.0 Å². The second-order valence-electron chi connectivity index (χ2n) is 8.20. The van der Waals surface area contributed by atoms with Gasteiger partial charge in [-0.2, -0.15) is 5.10 Å². The highest BCUT2D eigenvalue weighted by Crippen LogP contribution is 2.22. The van der Waals surface area contributed by atoms with E-state index in [0.717, 1.165) is 10.4 Å². The maximum absolute atomic E-state index is 13.2. The van der Waals surface area contributed by atoms with Gasteiger partial charge in [0, 0.05) is 29.7 Å². The van der Waals surface area contributed by atoms with Crippen LogP contribution in [0.15, 0.2) is 53.5 Å². The number of benzene rings is 2. The van der Waals surface area contributed by atoms with Crippen LogP contribution >= 0.6 is 12.4 Å². The Morgan fingerprint density at radius 3 is 2.49 bits per heavy atom. The van der Waals surface area contributed by atoms with Gasteiger partial charge in [-0.05, 0) is 36.8 Å². The van der Waals surface area contributed by atoms with Gasteiger partial charge in [0.25, 0.3) is 11.5 Å². The summed E-state index contributed by atoms with van der Waals surface area (Å²) in [5.41, 5.74) is 6.56. The molecule has 1 atom stereocenters. The largest absolute Gasteiger partial charge is 0.491 e. The molecular formula is C25H30ClN5O6. The number of piperidine rings is 1. The zero-order valence-corrected chi connectivity index (χ0v) is 21.0. The number of nitrogens with zero attached hydrogens (tertiary/aromatic N) is 2. The summed E-state index contributed by atoms with van der Waals surface area (Å²) in [6.45, 7) is 2.61. The van der Waals surface area contributed by atoms with E-state index in [2.05, 4.69) is 15.7 Å². The Morgan fingerprint density at radius 1 is 1.00 bits per heavy atom. The Hall–Kier alpha value is -3.67. The number of nitrogens with two attached hydrogens (primary N) is 1. The summed E-state index contributed by atoms with van der Waals surface area (Å²) in [4.78, 5) is 36.8. The molecule has 4 rings (SSSR count). The Morgan fingerprint density at radius 2 is 1.73 bits per heavy atom. The number of nitrogens with one attached hydrogen (secondary N) is 2. The summed E-state index contributed by atoms with van der Waals surface area (Å²) >= 11 is 0. The first-order chi connectivity index (χ1) is 17.5. The molecule has 11 nitrogen and oxygen atoms in total. The molecule has 3 aromatic rings. The quantitative estimate of drug-likeness (QED) is 0.181. The predicted octanol–water partition coefficient (Wildman–Crippen LogP) is 1.90. The second kappa shape index (κ2) is 13.6. The number of carbonyl (C=O) groups excluding carboxylic acids is 2. The summed E-state index contributed by atoms with van der Waals surface area (Å²) in [6.07, 6.45) is 1.96. The Balaban J connectivity index is 0.00000380. The highest BCUT2D eigenvalue weighted by atomic mass is 35.5. The van der Waals surface area contributed by atoms with Gasteiger partial charge in [0.2, 0.25) is 5.91 Å². The molecule has 1 saturated heterocycles. The highest BCUT2D eigenvalue weighted by Gasteiger charge is 2.30. The molecule has 2 aromatic carbocycles. The Bertz CT molecular complexity index is 1270. The summed E-state index contributed by atoms with van der Waals surface area (Å²) in [7, 11) is 0. The lowest BCUT2D eigenvalue weighted by atomic mass is 10.1. The number of hydrogen-bond donors (Lipinski definition) is 3. The zero-order chi connectivity index (χ0) is 25.3. The van der Waals surface area contributed by atoms with Gasteiger partial charge in [0.1, 0.15) is 18.4 Å². The number of aromatic nitrogens is 2. The van der Waals surface area contributed by atoms with Crippen molar-refractivity contribution in [1.82, 2.24) is 15.1 Å². The van der Waals surface area contributed by atoms with E-state index in [1.165, 1.54) is 0 Å². The van der Waals surface area contributed by atoms with Crippen LogP contribution in [0.1, 0.15) is 18.9 Å². The second-order valence-corrected chi connectivity index (χ2v) is 8.20. The van der Waals surface area contributed by atoms with Crippen molar-refractivity contribution < 1.29 is 23.8 Å². The maximum Gasteiger partial charge on any atom is 0.277 e. The molecule has 0 spiro atoms. The summed E-state index contributed by atoms with van der Waals surface area (Å²) in [5, 5.41) is 10.7. The van der Waals surface area contributed by atoms with E-state index in [9.17, 15) is 14.4 Å². The molecular weight excluding hydrogens is 502 g/mol. The lowest BCUT2D eigenvalue weighted by molar-refractivity contribution is -0.136. The van der Waals surface area contributed by atoms with E-state index in [0.29, 0.717) is 61.7 Å². The number of fused-ring (bicyclic) bond motifs is 1. The molecule has 1 aliphatic heterocycles. The van der Waals surface area contributed by atoms with Gasteiger partial charge in [-0.25, -0.2) is 4.68 Å². The Labute approximate surface area is 219 Å². The molecule has 1 aliphatic rings. The van der Waals surface area contributed by atoms with Gasteiger partial charge in [-0.15, -0.1) is 12.4 Å². The third kappa shape index (κ3) is 7.42. The number of hydrogen-bond acceptors (Lipinski definition) is 9. The molecule has 1 aromatic heterocycles. The first kappa shape index (κ1) is 27.9. The lowest BCUT2D eigenvalue weighted by Crippen LogP contribution is -2.45. The minimum atomic E-state index is -0.812. The van der Waals surface area contributed by atoms with Crippen LogP contribution in [0.3, 0.4) is 0 Å². The van der Waals surface area contributed by atoms with Crippen LogP contribution in [0, 0.1) is 0 Å². The number of imide groups is 1. The van der Waals surface area contributed by atoms with E-state index in [4.69, 9.17) is 19.9 Å². The summed E-state index contributed by atoms with van der Waals surface area (Å²) < 4.78 is 17.8. The van der Waals surface area contributed by atoms with Crippen molar-refractivity contribution in [2.45, 2.75) is 18.9 Å². The number of nitrogen functional groups attached to an aromatic ring is 1. The van der Waals surface area contributed by atoms with Crippen LogP contribution in [0.5, 0.6) is 5.75 Å². The molecule has 4 N–H and O–H groups in total. The van der Waals surface area contributed by atoms with E-state index in [-0.39, 0.29) is 36.7 Å². The van der Waals surface area contributed by atoms with Gasteiger partial charge < -0.3 is 25.3 Å². The van der Waals surface area contributed by atoms with Gasteiger partial charge in [-0.1, -0.05) is 12.1 Å². The van der Waals surface area contributed by atoms with Crippen LogP contribution in [0.4, 0.5) is 11.4 Å². The molecule has 2 amide bonds. The number of carbonyl (C=O) groups is 2. The smallest absolute Gasteiger partial charge is 0.277 e. The number of amides is 2. The van der Waals surface area contributed by atoms with Crippen molar-refractivity contribution >= 4 is 46.4 Å². The van der Waals surface area contributed by atoms with Crippen molar-refractivity contribution in [2.75, 3.05) is 50.6 Å². The van der Waals surface area contributed by atoms with Crippen LogP contribution in [0.25, 0.3) is 10.8 Å². The normalized spacial score (nSPS) is 15.2. The highest BCUT2D eigenvalue weighted by molar-refractivity contribution is 5.99. The van der Waals surface area contributed by atoms with E-state index in [1.807, 2.05) is 18.2 Å².